The van der Waals surface area contributed by atoms with Gasteiger partial charge in [0.15, 0.2) is 12.4 Å². The molecule has 1 aliphatic rings. The van der Waals surface area contributed by atoms with Crippen molar-refractivity contribution < 1.29 is 24.6 Å². The summed E-state index contributed by atoms with van der Waals surface area (Å²) < 4.78 is 8.70. The van der Waals surface area contributed by atoms with Crippen molar-refractivity contribution in [3.05, 3.63) is 148 Å². The molecule has 1 heterocycles. The van der Waals surface area contributed by atoms with E-state index in [4.69, 9.17) is 4.74 Å². The fourth-order valence-corrected chi connectivity index (χ4v) is 5.87. The Morgan fingerprint density at radius 1 is 0.476 bits per heavy atom. The minimum Gasteiger partial charge on any atom is -0.507 e. The number of phenolic OH excluding ortho intramolecular Hbond substituents is 3. The van der Waals surface area contributed by atoms with E-state index in [1.807, 2.05) is 78.9 Å². The molecule has 0 atom stereocenters. The molecular formula is C37H36NO4+. The maximum absolute atomic E-state index is 11.3. The number of fused-ring (bicyclic) bond motifs is 8. The summed E-state index contributed by atoms with van der Waals surface area (Å²) in [5.74, 6) is 1.50. The van der Waals surface area contributed by atoms with Crippen LogP contribution in [0.1, 0.15) is 57.3 Å². The first-order chi connectivity index (χ1) is 20.6. The van der Waals surface area contributed by atoms with Crippen molar-refractivity contribution in [3.8, 4) is 23.0 Å². The van der Waals surface area contributed by atoms with Gasteiger partial charge in [0.05, 0.1) is 6.61 Å². The van der Waals surface area contributed by atoms with Crippen LogP contribution >= 0.6 is 0 Å². The van der Waals surface area contributed by atoms with Crippen molar-refractivity contribution in [2.45, 2.75) is 45.1 Å². The molecule has 0 spiro atoms. The number of nitrogens with zero attached hydrogens (tertiary/aromatic N) is 1. The highest BCUT2D eigenvalue weighted by Gasteiger charge is 2.19. The average Bonchev–Trinajstić information content (AvgIpc) is 3.00. The summed E-state index contributed by atoms with van der Waals surface area (Å²) in [4.78, 5) is 0. The predicted molar refractivity (Wildman–Crippen MR) is 163 cm³/mol. The Bertz CT molecular complexity index is 1600. The third-order valence-corrected chi connectivity index (χ3v) is 8.15. The van der Waals surface area contributed by atoms with Gasteiger partial charge in [0.1, 0.15) is 29.5 Å². The molecule has 0 saturated carbocycles. The van der Waals surface area contributed by atoms with Crippen LogP contribution < -0.4 is 9.30 Å². The van der Waals surface area contributed by atoms with Crippen molar-refractivity contribution >= 4 is 0 Å². The summed E-state index contributed by atoms with van der Waals surface area (Å²) in [6.07, 6.45) is 7.84. The fraction of sp³-hybridized carbons (Fsp3) is 0.216. The summed E-state index contributed by atoms with van der Waals surface area (Å²) in [5.41, 5.74) is 6.59. The molecule has 0 fully saturated rings. The first kappa shape index (κ1) is 27.4. The van der Waals surface area contributed by atoms with Gasteiger partial charge < -0.3 is 20.1 Å². The van der Waals surface area contributed by atoms with Crippen molar-refractivity contribution in [3.63, 3.8) is 0 Å². The minimum atomic E-state index is 0.200. The van der Waals surface area contributed by atoms with Gasteiger partial charge in [-0.15, -0.1) is 0 Å². The smallest absolute Gasteiger partial charge is 0.168 e. The maximum atomic E-state index is 11.3. The van der Waals surface area contributed by atoms with E-state index in [0.717, 1.165) is 69.6 Å². The van der Waals surface area contributed by atoms with Crippen molar-refractivity contribution in [2.24, 2.45) is 0 Å². The van der Waals surface area contributed by atoms with Crippen LogP contribution in [0.25, 0.3) is 0 Å². The number of phenols is 3. The number of hydrogen-bond donors (Lipinski definition) is 3. The zero-order chi connectivity index (χ0) is 28.9. The molecule has 212 valence electrons. The molecule has 5 heteroatoms. The highest BCUT2D eigenvalue weighted by Crippen LogP contribution is 2.37. The molecule has 5 nitrogen and oxygen atoms in total. The fourth-order valence-electron chi connectivity index (χ4n) is 5.87. The van der Waals surface area contributed by atoms with Crippen molar-refractivity contribution in [1.82, 2.24) is 0 Å². The van der Waals surface area contributed by atoms with E-state index < -0.39 is 0 Å². The van der Waals surface area contributed by atoms with E-state index in [-0.39, 0.29) is 17.2 Å². The van der Waals surface area contributed by atoms with E-state index >= 15 is 0 Å². The van der Waals surface area contributed by atoms with E-state index in [9.17, 15) is 15.3 Å². The molecule has 0 unspecified atom stereocenters. The van der Waals surface area contributed by atoms with Gasteiger partial charge in [0.25, 0.3) is 0 Å². The second-order valence-electron chi connectivity index (χ2n) is 11.1. The van der Waals surface area contributed by atoms with Gasteiger partial charge in [0, 0.05) is 44.2 Å². The Balaban J connectivity index is 1.36. The molecular weight excluding hydrogens is 522 g/mol. The van der Waals surface area contributed by atoms with Crippen LogP contribution in [0.4, 0.5) is 0 Å². The zero-order valence-corrected chi connectivity index (χ0v) is 23.7. The molecule has 0 amide bonds. The van der Waals surface area contributed by atoms with E-state index in [0.29, 0.717) is 32.3 Å². The monoisotopic (exact) mass is 558 g/mol. The lowest BCUT2D eigenvalue weighted by Crippen LogP contribution is -2.32. The lowest BCUT2D eigenvalue weighted by molar-refractivity contribution is -0.697. The molecule has 1 aromatic heterocycles. The van der Waals surface area contributed by atoms with Crippen molar-refractivity contribution in [2.75, 3.05) is 6.61 Å². The number of para-hydroxylation sites is 4. The Morgan fingerprint density at radius 3 is 1.29 bits per heavy atom. The molecule has 4 aromatic carbocycles. The molecule has 5 aromatic rings. The van der Waals surface area contributed by atoms with Crippen LogP contribution in [0.15, 0.2) is 103 Å². The molecule has 1 aliphatic carbocycles. The molecule has 0 radical (unpaired) electrons. The molecule has 42 heavy (non-hydrogen) atoms. The van der Waals surface area contributed by atoms with Crippen LogP contribution in [0.3, 0.4) is 0 Å². The first-order valence-corrected chi connectivity index (χ1v) is 14.6. The minimum absolute atomic E-state index is 0.200. The van der Waals surface area contributed by atoms with Crippen LogP contribution in [0, 0.1) is 0 Å². The highest BCUT2D eigenvalue weighted by atomic mass is 16.5. The standard InChI is InChI=1S/C37H35NO4/c39-34-26-10-6-11-27(34)23-29-13-8-15-31(36(29)41)25-33-17-9-16-32(24-30-14-7-12-28(22-26)35(30)40)37(33)42-21-5-4-20-38-18-2-1-3-19-38/h1-3,6-19H,4-5,20-25H2,(H2-,39,40,41)/p+1. The van der Waals surface area contributed by atoms with E-state index in [2.05, 4.69) is 29.1 Å². The number of ether oxygens (including phenoxy) is 1. The molecule has 8 bridgehead atoms. The van der Waals surface area contributed by atoms with Crippen LogP contribution in [-0.2, 0) is 32.2 Å². The van der Waals surface area contributed by atoms with Crippen LogP contribution in [0.2, 0.25) is 0 Å². The number of benzene rings is 4. The summed E-state index contributed by atoms with van der Waals surface area (Å²) in [5, 5.41) is 33.8. The van der Waals surface area contributed by atoms with Gasteiger partial charge >= 0.3 is 0 Å². The second-order valence-corrected chi connectivity index (χ2v) is 11.1. The van der Waals surface area contributed by atoms with Gasteiger partial charge in [-0.2, -0.15) is 0 Å². The number of rotatable bonds is 6. The number of aryl methyl sites for hydroxylation is 1. The number of aromatic hydroxyl groups is 3. The van der Waals surface area contributed by atoms with Gasteiger partial charge in [-0.3, -0.25) is 0 Å². The largest absolute Gasteiger partial charge is 0.507 e. The summed E-state index contributed by atoms with van der Waals surface area (Å²) >= 11 is 0. The van der Waals surface area contributed by atoms with Gasteiger partial charge in [0.2, 0.25) is 0 Å². The first-order valence-electron chi connectivity index (χ1n) is 14.6. The van der Waals surface area contributed by atoms with E-state index in [1.165, 1.54) is 0 Å². The third-order valence-electron chi connectivity index (χ3n) is 8.15. The lowest BCUT2D eigenvalue weighted by atomic mass is 9.91. The quantitative estimate of drug-likeness (QED) is 0.159. The molecule has 0 saturated heterocycles. The summed E-state index contributed by atoms with van der Waals surface area (Å²) in [7, 11) is 0. The highest BCUT2D eigenvalue weighted by molar-refractivity contribution is 5.54. The number of pyridine rings is 1. The number of unbranched alkanes of at least 4 members (excludes halogenated alkanes) is 1. The third kappa shape index (κ3) is 5.96. The topological polar surface area (TPSA) is 73.8 Å². The second kappa shape index (κ2) is 12.4. The SMILES string of the molecule is Oc1c2cccc1Cc1cccc(c1O)Cc1cccc(c1OCCCC[n+]1ccccc1)Cc1cccc(c1O)C2. The maximum Gasteiger partial charge on any atom is 0.168 e. The molecule has 6 rings (SSSR count). The number of aromatic nitrogens is 1. The average molecular weight is 559 g/mol. The molecule has 0 aliphatic heterocycles. The zero-order valence-electron chi connectivity index (χ0n) is 23.7. The van der Waals surface area contributed by atoms with Crippen LogP contribution in [-0.4, -0.2) is 21.9 Å². The summed E-state index contributed by atoms with van der Waals surface area (Å²) in [6.45, 7) is 1.50. The Labute approximate surface area is 246 Å². The lowest BCUT2D eigenvalue weighted by Gasteiger charge is -2.19. The van der Waals surface area contributed by atoms with Crippen molar-refractivity contribution in [1.29, 1.82) is 0 Å². The van der Waals surface area contributed by atoms with Crippen LogP contribution in [0.5, 0.6) is 23.0 Å². The normalized spacial score (nSPS) is 12.6. The van der Waals surface area contributed by atoms with Gasteiger partial charge in [-0.1, -0.05) is 78.9 Å². The Morgan fingerprint density at radius 2 is 0.857 bits per heavy atom. The van der Waals surface area contributed by atoms with E-state index in [1.54, 1.807) is 0 Å². The van der Waals surface area contributed by atoms with Gasteiger partial charge in [-0.25, -0.2) is 4.57 Å². The molecule has 3 N–H and O–H groups in total. The summed E-state index contributed by atoms with van der Waals surface area (Å²) in [6, 6.07) is 29.5. The Hall–Kier alpha value is -4.77. The predicted octanol–water partition coefficient (Wildman–Crippen LogP) is 6.63. The Kier molecular flexibility index (Phi) is 8.09. The van der Waals surface area contributed by atoms with Gasteiger partial charge in [-0.05, 0) is 50.9 Å². The number of hydrogen-bond acceptors (Lipinski definition) is 4.